The number of amides is 1. The van der Waals surface area contributed by atoms with Crippen LogP contribution in [0.15, 0.2) is 47.1 Å². The topological polar surface area (TPSA) is 70.9 Å². The molecular formula is C17H16ClN3O2. The second-order valence-corrected chi connectivity index (χ2v) is 5.62. The van der Waals surface area contributed by atoms with E-state index in [1.54, 1.807) is 18.4 Å². The number of nitrogens with zero attached hydrogens (tertiary/aromatic N) is 1. The summed E-state index contributed by atoms with van der Waals surface area (Å²) in [6.07, 6.45) is 2.29. The van der Waals surface area contributed by atoms with Gasteiger partial charge in [-0.25, -0.2) is 0 Å². The standard InChI is InChI=1S/C17H16ClN3O2/c1-11-15(16(21-20-11)14-3-2-10-23-14)17(22)19-9-8-12-4-6-13(18)7-5-12/h2-7,10H,8-9H2,1H3,(H,19,22)(H,20,21). The van der Waals surface area contributed by atoms with Crippen molar-refractivity contribution in [3.8, 4) is 11.5 Å². The van der Waals surface area contributed by atoms with Crippen LogP contribution in [0.4, 0.5) is 0 Å². The Balaban J connectivity index is 1.67. The number of hydrogen-bond acceptors (Lipinski definition) is 3. The summed E-state index contributed by atoms with van der Waals surface area (Å²) in [6.45, 7) is 2.34. The molecule has 0 aliphatic carbocycles. The highest BCUT2D eigenvalue weighted by molar-refractivity contribution is 6.30. The molecule has 0 saturated carbocycles. The van der Waals surface area contributed by atoms with Crippen molar-refractivity contribution in [3.05, 3.63) is 64.5 Å². The number of aryl methyl sites for hydroxylation is 1. The SMILES string of the molecule is Cc1[nH]nc(-c2ccco2)c1C(=O)NCCc1ccc(Cl)cc1. The van der Waals surface area contributed by atoms with E-state index >= 15 is 0 Å². The Kier molecular flexibility index (Phi) is 4.48. The molecule has 0 atom stereocenters. The summed E-state index contributed by atoms with van der Waals surface area (Å²) >= 11 is 5.86. The third-order valence-electron chi connectivity index (χ3n) is 3.54. The van der Waals surface area contributed by atoms with E-state index in [1.807, 2.05) is 31.2 Å². The summed E-state index contributed by atoms with van der Waals surface area (Å²) in [5.41, 5.74) is 2.86. The van der Waals surface area contributed by atoms with Crippen molar-refractivity contribution in [3.63, 3.8) is 0 Å². The smallest absolute Gasteiger partial charge is 0.255 e. The quantitative estimate of drug-likeness (QED) is 0.751. The number of furan rings is 1. The van der Waals surface area contributed by atoms with Crippen molar-refractivity contribution in [2.75, 3.05) is 6.54 Å². The first-order chi connectivity index (χ1) is 11.1. The molecule has 1 amide bonds. The van der Waals surface area contributed by atoms with Crippen molar-refractivity contribution in [1.29, 1.82) is 0 Å². The van der Waals surface area contributed by atoms with Gasteiger partial charge in [0, 0.05) is 17.3 Å². The maximum atomic E-state index is 12.5. The van der Waals surface area contributed by atoms with Gasteiger partial charge in [-0.05, 0) is 43.2 Å². The number of carbonyl (C=O) groups excluding carboxylic acids is 1. The molecule has 0 unspecified atom stereocenters. The molecule has 0 aliphatic heterocycles. The second kappa shape index (κ2) is 6.71. The van der Waals surface area contributed by atoms with Gasteiger partial charge in [0.2, 0.25) is 0 Å². The molecule has 0 spiro atoms. The molecule has 0 bridgehead atoms. The van der Waals surface area contributed by atoms with Crippen LogP contribution < -0.4 is 5.32 Å². The number of aromatic amines is 1. The molecule has 2 aromatic heterocycles. The molecule has 0 saturated heterocycles. The number of rotatable bonds is 5. The first kappa shape index (κ1) is 15.4. The molecule has 5 nitrogen and oxygen atoms in total. The van der Waals surface area contributed by atoms with E-state index < -0.39 is 0 Å². The van der Waals surface area contributed by atoms with Crippen LogP contribution in [0.2, 0.25) is 5.02 Å². The molecule has 2 heterocycles. The van der Waals surface area contributed by atoms with Crippen molar-refractivity contribution in [2.45, 2.75) is 13.3 Å². The number of aromatic nitrogens is 2. The fourth-order valence-corrected chi connectivity index (χ4v) is 2.48. The average Bonchev–Trinajstić information content (AvgIpc) is 3.18. The number of halogens is 1. The summed E-state index contributed by atoms with van der Waals surface area (Å²) in [5, 5.41) is 10.6. The van der Waals surface area contributed by atoms with E-state index in [0.717, 1.165) is 12.0 Å². The van der Waals surface area contributed by atoms with Crippen molar-refractivity contribution >= 4 is 17.5 Å². The summed E-state index contributed by atoms with van der Waals surface area (Å²) < 4.78 is 5.33. The van der Waals surface area contributed by atoms with Crippen LogP contribution in [-0.2, 0) is 6.42 Å². The lowest BCUT2D eigenvalue weighted by Gasteiger charge is -2.06. The van der Waals surface area contributed by atoms with Crippen LogP contribution in [0.5, 0.6) is 0 Å². The van der Waals surface area contributed by atoms with Gasteiger partial charge in [0.25, 0.3) is 5.91 Å². The molecule has 6 heteroatoms. The van der Waals surface area contributed by atoms with Gasteiger partial charge in [0.15, 0.2) is 5.76 Å². The summed E-state index contributed by atoms with van der Waals surface area (Å²) in [7, 11) is 0. The van der Waals surface area contributed by atoms with Gasteiger partial charge in [0.1, 0.15) is 5.69 Å². The van der Waals surface area contributed by atoms with Gasteiger partial charge >= 0.3 is 0 Å². The Morgan fingerprint density at radius 1 is 1.30 bits per heavy atom. The molecular weight excluding hydrogens is 314 g/mol. The maximum absolute atomic E-state index is 12.5. The van der Waals surface area contributed by atoms with Gasteiger partial charge in [0.05, 0.1) is 11.8 Å². The lowest BCUT2D eigenvalue weighted by atomic mass is 10.1. The third-order valence-corrected chi connectivity index (χ3v) is 3.79. The number of H-pyrrole nitrogens is 1. The Labute approximate surface area is 138 Å². The van der Waals surface area contributed by atoms with Crippen LogP contribution in [-0.4, -0.2) is 22.6 Å². The monoisotopic (exact) mass is 329 g/mol. The number of benzene rings is 1. The van der Waals surface area contributed by atoms with Gasteiger partial charge < -0.3 is 9.73 Å². The van der Waals surface area contributed by atoms with E-state index in [-0.39, 0.29) is 5.91 Å². The Bertz CT molecular complexity index is 792. The maximum Gasteiger partial charge on any atom is 0.255 e. The minimum atomic E-state index is -0.170. The molecule has 3 rings (SSSR count). The lowest BCUT2D eigenvalue weighted by Crippen LogP contribution is -2.26. The summed E-state index contributed by atoms with van der Waals surface area (Å²) in [6, 6.07) is 11.1. The van der Waals surface area contributed by atoms with Gasteiger partial charge in [-0.3, -0.25) is 9.89 Å². The lowest BCUT2D eigenvalue weighted by molar-refractivity contribution is 0.0954. The van der Waals surface area contributed by atoms with Crippen LogP contribution in [0, 0.1) is 6.92 Å². The molecule has 0 fully saturated rings. The van der Waals surface area contributed by atoms with Gasteiger partial charge in [-0.2, -0.15) is 5.10 Å². The largest absolute Gasteiger partial charge is 0.463 e. The first-order valence-electron chi connectivity index (χ1n) is 7.26. The van der Waals surface area contributed by atoms with Crippen LogP contribution in [0.25, 0.3) is 11.5 Å². The van der Waals surface area contributed by atoms with Crippen LogP contribution in [0.3, 0.4) is 0 Å². The summed E-state index contributed by atoms with van der Waals surface area (Å²) in [4.78, 5) is 12.5. The van der Waals surface area contributed by atoms with Crippen molar-refractivity contribution in [1.82, 2.24) is 15.5 Å². The van der Waals surface area contributed by atoms with E-state index in [9.17, 15) is 4.79 Å². The van der Waals surface area contributed by atoms with E-state index in [1.165, 1.54) is 0 Å². The Morgan fingerprint density at radius 3 is 2.78 bits per heavy atom. The fraction of sp³-hybridized carbons (Fsp3) is 0.176. The molecule has 3 aromatic rings. The van der Waals surface area contributed by atoms with Crippen molar-refractivity contribution in [2.24, 2.45) is 0 Å². The third kappa shape index (κ3) is 3.46. The molecule has 0 radical (unpaired) electrons. The number of hydrogen-bond donors (Lipinski definition) is 2. The average molecular weight is 330 g/mol. The van der Waals surface area contributed by atoms with Crippen molar-refractivity contribution < 1.29 is 9.21 Å². The fourth-order valence-electron chi connectivity index (χ4n) is 2.36. The number of nitrogens with one attached hydrogen (secondary N) is 2. The zero-order chi connectivity index (χ0) is 16.2. The predicted octanol–water partition coefficient (Wildman–Crippen LogP) is 3.60. The second-order valence-electron chi connectivity index (χ2n) is 5.18. The molecule has 2 N–H and O–H groups in total. The van der Waals surface area contributed by atoms with E-state index in [0.29, 0.717) is 34.3 Å². The minimum Gasteiger partial charge on any atom is -0.463 e. The van der Waals surface area contributed by atoms with Crippen LogP contribution >= 0.6 is 11.6 Å². The highest BCUT2D eigenvalue weighted by Crippen LogP contribution is 2.23. The highest BCUT2D eigenvalue weighted by atomic mass is 35.5. The number of carbonyl (C=O) groups is 1. The van der Waals surface area contributed by atoms with Gasteiger partial charge in [-0.1, -0.05) is 23.7 Å². The molecule has 118 valence electrons. The summed E-state index contributed by atoms with van der Waals surface area (Å²) in [5.74, 6) is 0.397. The zero-order valence-corrected chi connectivity index (χ0v) is 13.4. The normalized spacial score (nSPS) is 10.7. The van der Waals surface area contributed by atoms with E-state index in [4.69, 9.17) is 16.0 Å². The zero-order valence-electron chi connectivity index (χ0n) is 12.6. The molecule has 23 heavy (non-hydrogen) atoms. The molecule has 1 aromatic carbocycles. The molecule has 0 aliphatic rings. The van der Waals surface area contributed by atoms with Crippen LogP contribution in [0.1, 0.15) is 21.6 Å². The Morgan fingerprint density at radius 2 is 2.09 bits per heavy atom. The Hall–Kier alpha value is -2.53. The highest BCUT2D eigenvalue weighted by Gasteiger charge is 2.20. The minimum absolute atomic E-state index is 0.170. The van der Waals surface area contributed by atoms with Gasteiger partial charge in [-0.15, -0.1) is 0 Å². The predicted molar refractivity (Wildman–Crippen MR) is 88.5 cm³/mol. The first-order valence-corrected chi connectivity index (χ1v) is 7.64. The van der Waals surface area contributed by atoms with E-state index in [2.05, 4.69) is 15.5 Å².